The van der Waals surface area contributed by atoms with E-state index in [0.717, 1.165) is 6.54 Å². The van der Waals surface area contributed by atoms with E-state index in [1.54, 1.807) is 17.0 Å². The molecule has 1 saturated carbocycles. The van der Waals surface area contributed by atoms with Crippen molar-refractivity contribution in [3.63, 3.8) is 0 Å². The van der Waals surface area contributed by atoms with Crippen LogP contribution in [0.1, 0.15) is 57.1 Å². The van der Waals surface area contributed by atoms with Crippen LogP contribution in [-0.2, 0) is 16.4 Å². The number of rotatable bonds is 7. The average Bonchev–Trinajstić information content (AvgIpc) is 3.06. The molecule has 8 heteroatoms. The number of aromatic nitrogens is 2. The van der Waals surface area contributed by atoms with E-state index in [4.69, 9.17) is 0 Å². The van der Waals surface area contributed by atoms with Crippen molar-refractivity contribution in [2.75, 3.05) is 18.8 Å². The Morgan fingerprint density at radius 3 is 2.78 bits per heavy atom. The highest BCUT2D eigenvalue weighted by molar-refractivity contribution is 7.92. The van der Waals surface area contributed by atoms with Gasteiger partial charge in [0.15, 0.2) is 15.7 Å². The summed E-state index contributed by atoms with van der Waals surface area (Å²) in [6.07, 6.45) is 6.11. The molecule has 2 N–H and O–H groups in total. The van der Waals surface area contributed by atoms with E-state index >= 15 is 0 Å². The quantitative estimate of drug-likeness (QED) is 0.730. The molecular weight excluding hydrogens is 364 g/mol. The fraction of sp³-hybridized carbons (Fsp3) is 0.789. The molecule has 2 fully saturated rings. The van der Waals surface area contributed by atoms with E-state index < -0.39 is 14.6 Å². The second-order valence-corrected chi connectivity index (χ2v) is 11.0. The maximum Gasteiger partial charge on any atom is 0.287 e. The fourth-order valence-electron chi connectivity index (χ4n) is 4.42. The molecule has 1 aromatic heterocycles. The third kappa shape index (κ3) is 4.21. The van der Waals surface area contributed by atoms with E-state index in [2.05, 4.69) is 29.5 Å². The van der Waals surface area contributed by atoms with Crippen LogP contribution in [0, 0.1) is 11.8 Å². The summed E-state index contributed by atoms with van der Waals surface area (Å²) in [6, 6.07) is 0.281. The smallest absolute Gasteiger partial charge is 0.287 e. The van der Waals surface area contributed by atoms with Crippen molar-refractivity contribution in [2.24, 2.45) is 11.8 Å². The lowest BCUT2D eigenvalue weighted by molar-refractivity contribution is 0.0909. The Bertz CT molecular complexity index is 766. The van der Waals surface area contributed by atoms with Crippen LogP contribution in [0.2, 0.25) is 0 Å². The Balaban J connectivity index is 1.53. The van der Waals surface area contributed by atoms with Crippen LogP contribution >= 0.6 is 0 Å². The number of carbonyl (C=O) groups is 1. The third-order valence-electron chi connectivity index (χ3n) is 5.96. The van der Waals surface area contributed by atoms with Gasteiger partial charge in [0, 0.05) is 31.5 Å². The van der Waals surface area contributed by atoms with Gasteiger partial charge in [0.1, 0.15) is 0 Å². The maximum absolute atomic E-state index is 12.7. The molecule has 1 spiro atoms. The minimum absolute atomic E-state index is 0.189. The zero-order chi connectivity index (χ0) is 19.7. The van der Waals surface area contributed by atoms with Crippen molar-refractivity contribution < 1.29 is 13.2 Å². The highest BCUT2D eigenvalue weighted by atomic mass is 32.2. The number of aryl methyl sites for hydroxylation is 1. The first-order chi connectivity index (χ1) is 12.8. The molecule has 7 nitrogen and oxygen atoms in total. The van der Waals surface area contributed by atoms with Gasteiger partial charge in [-0.05, 0) is 51.0 Å². The molecule has 2 aliphatic rings. The highest BCUT2D eigenvalue weighted by Crippen LogP contribution is 2.49. The molecule has 152 valence electrons. The number of hydrogen-bond donors (Lipinski definition) is 2. The van der Waals surface area contributed by atoms with Crippen LogP contribution in [0.15, 0.2) is 12.4 Å². The first-order valence-corrected chi connectivity index (χ1v) is 11.7. The standard InChI is InChI=1S/C19H32N4O3S/c1-4-23-7-6-20-17(23)18(24)22-13-15-9-19(10-15)11-16(21-12-14(2)3)5-8-27(19,25)26/h6-7,14-16,21H,4-5,8-13H2,1-3H3,(H,22,24). The van der Waals surface area contributed by atoms with E-state index in [0.29, 0.717) is 50.5 Å². The zero-order valence-electron chi connectivity index (χ0n) is 16.6. The Labute approximate surface area is 162 Å². The minimum Gasteiger partial charge on any atom is -0.349 e. The first kappa shape index (κ1) is 20.3. The van der Waals surface area contributed by atoms with Crippen molar-refractivity contribution in [3.05, 3.63) is 18.2 Å². The molecule has 1 atom stereocenters. The molecule has 27 heavy (non-hydrogen) atoms. The van der Waals surface area contributed by atoms with Gasteiger partial charge >= 0.3 is 0 Å². The lowest BCUT2D eigenvalue weighted by Gasteiger charge is -2.51. The van der Waals surface area contributed by atoms with Gasteiger partial charge in [-0.1, -0.05) is 13.8 Å². The Morgan fingerprint density at radius 1 is 1.37 bits per heavy atom. The number of amides is 1. The van der Waals surface area contributed by atoms with Gasteiger partial charge in [0.25, 0.3) is 5.91 Å². The topological polar surface area (TPSA) is 93.1 Å². The third-order valence-corrected chi connectivity index (χ3v) is 8.55. The summed E-state index contributed by atoms with van der Waals surface area (Å²) in [7, 11) is -3.05. The largest absolute Gasteiger partial charge is 0.349 e. The van der Waals surface area contributed by atoms with Crippen molar-refractivity contribution in [2.45, 2.75) is 63.8 Å². The molecule has 1 aliphatic carbocycles. The van der Waals surface area contributed by atoms with Crippen LogP contribution in [0.25, 0.3) is 0 Å². The van der Waals surface area contributed by atoms with Crippen molar-refractivity contribution >= 4 is 15.7 Å². The number of carbonyl (C=O) groups excluding carboxylic acids is 1. The van der Waals surface area contributed by atoms with Crippen LogP contribution in [-0.4, -0.2) is 53.5 Å². The van der Waals surface area contributed by atoms with E-state index in [9.17, 15) is 13.2 Å². The van der Waals surface area contributed by atoms with Gasteiger partial charge in [-0.15, -0.1) is 0 Å². The minimum atomic E-state index is -3.05. The molecule has 1 aliphatic heterocycles. The summed E-state index contributed by atoms with van der Waals surface area (Å²) in [4.78, 5) is 16.4. The maximum atomic E-state index is 12.7. The molecule has 1 aromatic rings. The van der Waals surface area contributed by atoms with E-state index in [-0.39, 0.29) is 23.6 Å². The van der Waals surface area contributed by atoms with Gasteiger partial charge in [-0.25, -0.2) is 13.4 Å². The monoisotopic (exact) mass is 396 g/mol. The molecule has 0 bridgehead atoms. The number of nitrogens with one attached hydrogen (secondary N) is 2. The predicted octanol–water partition coefficient (Wildman–Crippen LogP) is 1.60. The molecule has 1 amide bonds. The Kier molecular flexibility index (Phi) is 5.96. The molecule has 3 rings (SSSR count). The summed E-state index contributed by atoms with van der Waals surface area (Å²) in [5.41, 5.74) is 0. The van der Waals surface area contributed by atoms with Gasteiger partial charge in [-0.2, -0.15) is 0 Å². The molecule has 0 radical (unpaired) electrons. The van der Waals surface area contributed by atoms with Crippen LogP contribution in [0.3, 0.4) is 0 Å². The predicted molar refractivity (Wildman–Crippen MR) is 105 cm³/mol. The van der Waals surface area contributed by atoms with Gasteiger partial charge in [0.05, 0.1) is 10.5 Å². The lowest BCUT2D eigenvalue weighted by atomic mass is 9.70. The summed E-state index contributed by atoms with van der Waals surface area (Å²) in [6.45, 7) is 8.41. The molecular formula is C19H32N4O3S. The first-order valence-electron chi connectivity index (χ1n) is 10.0. The normalized spacial score (nSPS) is 29.6. The number of hydrogen-bond acceptors (Lipinski definition) is 5. The lowest BCUT2D eigenvalue weighted by Crippen LogP contribution is -2.60. The van der Waals surface area contributed by atoms with E-state index in [1.807, 2.05) is 6.92 Å². The van der Waals surface area contributed by atoms with Crippen LogP contribution < -0.4 is 10.6 Å². The SMILES string of the molecule is CCn1ccnc1C(=O)NCC1CC2(C1)CC(NCC(C)C)CCS2(=O)=O. The van der Waals surface area contributed by atoms with Gasteiger partial charge < -0.3 is 15.2 Å². The highest BCUT2D eigenvalue weighted by Gasteiger charge is 2.56. The fourth-order valence-corrected chi connectivity index (χ4v) is 6.88. The Morgan fingerprint density at radius 2 is 2.11 bits per heavy atom. The number of sulfone groups is 1. The summed E-state index contributed by atoms with van der Waals surface area (Å²) >= 11 is 0. The molecule has 1 saturated heterocycles. The summed E-state index contributed by atoms with van der Waals surface area (Å²) < 4.78 is 26.6. The molecule has 0 aromatic carbocycles. The summed E-state index contributed by atoms with van der Waals surface area (Å²) in [5.74, 6) is 1.27. The van der Waals surface area contributed by atoms with Gasteiger partial charge in [0.2, 0.25) is 0 Å². The second kappa shape index (κ2) is 7.91. The Hall–Kier alpha value is -1.41. The van der Waals surface area contributed by atoms with Crippen molar-refractivity contribution in [1.82, 2.24) is 20.2 Å². The van der Waals surface area contributed by atoms with E-state index in [1.165, 1.54) is 0 Å². The van der Waals surface area contributed by atoms with Gasteiger partial charge in [-0.3, -0.25) is 4.79 Å². The number of nitrogens with zero attached hydrogens (tertiary/aromatic N) is 2. The van der Waals surface area contributed by atoms with Crippen molar-refractivity contribution in [1.29, 1.82) is 0 Å². The van der Waals surface area contributed by atoms with Crippen LogP contribution in [0.4, 0.5) is 0 Å². The molecule has 1 unspecified atom stereocenters. The zero-order valence-corrected chi connectivity index (χ0v) is 17.4. The summed E-state index contributed by atoms with van der Waals surface area (Å²) in [5, 5.41) is 6.46. The molecule has 2 heterocycles. The van der Waals surface area contributed by atoms with Crippen molar-refractivity contribution in [3.8, 4) is 0 Å². The second-order valence-electron chi connectivity index (χ2n) is 8.51. The number of imidazole rings is 1. The average molecular weight is 397 g/mol. The van der Waals surface area contributed by atoms with Crippen LogP contribution in [0.5, 0.6) is 0 Å².